The molecule has 0 atom stereocenters. The molecule has 100 valence electrons. The summed E-state index contributed by atoms with van der Waals surface area (Å²) in [5.74, 6) is -0.608. The first-order chi connectivity index (χ1) is 9.74. The van der Waals surface area contributed by atoms with Gasteiger partial charge in [0, 0.05) is 5.39 Å². The molecular weight excluding hydrogens is 260 g/mol. The predicted octanol–water partition coefficient (Wildman–Crippen LogP) is 1.78. The van der Waals surface area contributed by atoms with Crippen LogP contribution in [-0.4, -0.2) is 30.8 Å². The molecule has 0 unspecified atom stereocenters. The lowest BCUT2D eigenvalue weighted by molar-refractivity contribution is -0.119. The van der Waals surface area contributed by atoms with Gasteiger partial charge in [-0.3, -0.25) is 4.79 Å². The van der Waals surface area contributed by atoms with Gasteiger partial charge in [0.05, 0.1) is 5.52 Å². The van der Waals surface area contributed by atoms with E-state index in [2.05, 4.69) is 25.3 Å². The predicted molar refractivity (Wildman–Crippen MR) is 69.5 cm³/mol. The van der Waals surface area contributed by atoms with Crippen LogP contribution in [0.1, 0.15) is 0 Å². The van der Waals surface area contributed by atoms with Gasteiger partial charge in [0.1, 0.15) is 19.2 Å². The molecule has 2 heterocycles. The number of hydrogen-bond donors (Lipinski definition) is 2. The molecule has 1 aromatic carbocycles. The van der Waals surface area contributed by atoms with E-state index < -0.39 is 5.91 Å². The van der Waals surface area contributed by atoms with Gasteiger partial charge < -0.3 is 10.1 Å². The quantitative estimate of drug-likeness (QED) is 0.707. The molecule has 0 spiro atoms. The normalized spacial score (nSPS) is 11.4. The van der Waals surface area contributed by atoms with Crippen molar-refractivity contribution in [1.29, 1.82) is 0 Å². The number of H-pyrrole nitrogens is 1. The first-order valence-corrected chi connectivity index (χ1v) is 5.80. The lowest BCUT2D eigenvalue weighted by Gasteiger charge is -1.94. The minimum atomic E-state index is -0.486. The maximum Gasteiger partial charge on any atom is 0.286 e. The first kappa shape index (κ1) is 12.0. The molecular formula is C12H10N6O2. The molecule has 1 amide bonds. The van der Waals surface area contributed by atoms with E-state index >= 15 is 0 Å². The van der Waals surface area contributed by atoms with Crippen molar-refractivity contribution in [2.24, 2.45) is 10.2 Å². The molecule has 2 aromatic heterocycles. The molecule has 0 fully saturated rings. The van der Waals surface area contributed by atoms with Crippen LogP contribution in [0.3, 0.4) is 0 Å². The third-order valence-electron chi connectivity index (χ3n) is 2.68. The van der Waals surface area contributed by atoms with Crippen molar-refractivity contribution in [1.82, 2.24) is 19.7 Å². The molecule has 2 N–H and O–H groups in total. The number of hydrogen-bond acceptors (Lipinski definition) is 5. The van der Waals surface area contributed by atoms with Crippen molar-refractivity contribution in [3.8, 4) is 5.88 Å². The van der Waals surface area contributed by atoms with Crippen molar-refractivity contribution in [3.63, 3.8) is 0 Å². The summed E-state index contributed by atoms with van der Waals surface area (Å²) in [6.07, 6.45) is 2.74. The van der Waals surface area contributed by atoms with Crippen molar-refractivity contribution < 1.29 is 9.90 Å². The van der Waals surface area contributed by atoms with E-state index in [1.54, 1.807) is 12.1 Å². The fourth-order valence-corrected chi connectivity index (χ4v) is 1.80. The second-order valence-corrected chi connectivity index (χ2v) is 4.05. The van der Waals surface area contributed by atoms with E-state index in [4.69, 9.17) is 0 Å². The molecule has 0 bridgehead atoms. The van der Waals surface area contributed by atoms with E-state index in [1.807, 2.05) is 12.1 Å². The summed E-state index contributed by atoms with van der Waals surface area (Å²) in [7, 11) is 0. The summed E-state index contributed by atoms with van der Waals surface area (Å²) >= 11 is 0. The van der Waals surface area contributed by atoms with Crippen LogP contribution >= 0.6 is 0 Å². The Kier molecular flexibility index (Phi) is 2.96. The zero-order chi connectivity index (χ0) is 13.9. The van der Waals surface area contributed by atoms with Gasteiger partial charge >= 0.3 is 0 Å². The molecule has 8 heteroatoms. The Balaban J connectivity index is 1.83. The molecule has 0 aliphatic rings. The number of carbonyl (C=O) groups excluding carboxylic acids is 1. The molecule has 8 nitrogen and oxygen atoms in total. The number of aromatic nitrogens is 4. The lowest BCUT2D eigenvalue weighted by atomic mass is 10.2. The molecule has 0 aliphatic heterocycles. The highest BCUT2D eigenvalue weighted by Crippen LogP contribution is 2.35. The number of para-hydroxylation sites is 1. The highest BCUT2D eigenvalue weighted by Gasteiger charge is 2.10. The zero-order valence-electron chi connectivity index (χ0n) is 10.3. The Morgan fingerprint density at radius 3 is 3.05 bits per heavy atom. The van der Waals surface area contributed by atoms with Crippen LogP contribution in [0, 0.1) is 0 Å². The maximum atomic E-state index is 11.6. The summed E-state index contributed by atoms with van der Waals surface area (Å²) in [5, 5.41) is 21.6. The number of carbonyl (C=O) groups is 1. The van der Waals surface area contributed by atoms with Crippen LogP contribution in [0.2, 0.25) is 0 Å². The highest BCUT2D eigenvalue weighted by molar-refractivity contribution is 5.94. The number of aromatic amines is 1. The van der Waals surface area contributed by atoms with E-state index in [0.29, 0.717) is 5.39 Å². The number of amides is 1. The Bertz CT molecular complexity index is 774. The summed E-state index contributed by atoms with van der Waals surface area (Å²) in [5.41, 5.74) is 0.968. The van der Waals surface area contributed by atoms with E-state index in [1.165, 1.54) is 17.3 Å². The fraction of sp³-hybridized carbons (Fsp3) is 0.0833. The maximum absolute atomic E-state index is 11.6. The van der Waals surface area contributed by atoms with Crippen LogP contribution in [0.25, 0.3) is 10.9 Å². The topological polar surface area (TPSA) is 109 Å². The van der Waals surface area contributed by atoms with Gasteiger partial charge in [-0.05, 0) is 6.07 Å². The first-order valence-electron chi connectivity index (χ1n) is 5.80. The van der Waals surface area contributed by atoms with Crippen molar-refractivity contribution >= 4 is 22.5 Å². The summed E-state index contributed by atoms with van der Waals surface area (Å²) in [6.45, 7) is -0.0490. The van der Waals surface area contributed by atoms with Gasteiger partial charge in [-0.2, -0.15) is 5.10 Å². The van der Waals surface area contributed by atoms with Gasteiger partial charge in [-0.1, -0.05) is 18.2 Å². The van der Waals surface area contributed by atoms with Gasteiger partial charge in [0.15, 0.2) is 5.69 Å². The van der Waals surface area contributed by atoms with Crippen molar-refractivity contribution in [2.75, 3.05) is 0 Å². The molecule has 0 saturated heterocycles. The van der Waals surface area contributed by atoms with Gasteiger partial charge in [0.2, 0.25) is 5.88 Å². The molecule has 0 saturated carbocycles. The van der Waals surface area contributed by atoms with Crippen LogP contribution in [0.15, 0.2) is 47.1 Å². The smallest absolute Gasteiger partial charge is 0.286 e. The minimum Gasteiger partial charge on any atom is -0.493 e. The number of aromatic hydroxyl groups is 1. The minimum absolute atomic E-state index is 0.0490. The van der Waals surface area contributed by atoms with E-state index in [-0.39, 0.29) is 18.1 Å². The highest BCUT2D eigenvalue weighted by atomic mass is 16.3. The number of nitrogens with one attached hydrogen (secondary N) is 1. The van der Waals surface area contributed by atoms with Crippen LogP contribution in [0.5, 0.6) is 5.88 Å². The van der Waals surface area contributed by atoms with Gasteiger partial charge in [0.25, 0.3) is 5.91 Å². The third kappa shape index (κ3) is 2.26. The molecule has 0 aliphatic carbocycles. The number of benzene rings is 1. The second kappa shape index (κ2) is 4.92. The monoisotopic (exact) mass is 270 g/mol. The SMILES string of the molecule is O=C(Cn1cncn1)N=Nc1c(O)[nH]c2ccccc12. The molecule has 3 aromatic rings. The second-order valence-electron chi connectivity index (χ2n) is 4.05. The molecule has 0 radical (unpaired) electrons. The van der Waals surface area contributed by atoms with Crippen LogP contribution in [-0.2, 0) is 11.3 Å². The van der Waals surface area contributed by atoms with Crippen molar-refractivity contribution in [3.05, 3.63) is 36.9 Å². The Labute approximate surface area is 112 Å². The average Bonchev–Trinajstić information content (AvgIpc) is 3.03. The zero-order valence-corrected chi connectivity index (χ0v) is 10.3. The van der Waals surface area contributed by atoms with Crippen LogP contribution < -0.4 is 0 Å². The Morgan fingerprint density at radius 1 is 1.40 bits per heavy atom. The molecule has 3 rings (SSSR count). The van der Waals surface area contributed by atoms with Crippen molar-refractivity contribution in [2.45, 2.75) is 6.54 Å². The largest absolute Gasteiger partial charge is 0.493 e. The summed E-state index contributed by atoms with van der Waals surface area (Å²) in [6, 6.07) is 7.22. The van der Waals surface area contributed by atoms with Gasteiger partial charge in [-0.25, -0.2) is 9.67 Å². The summed E-state index contributed by atoms with van der Waals surface area (Å²) in [4.78, 5) is 18.1. The number of fused-ring (bicyclic) bond motifs is 1. The standard InChI is InChI=1S/C12H10N6O2/c19-10(5-18-7-13-6-14-18)16-17-11-8-3-1-2-4-9(8)15-12(11)20/h1-4,6-7,15,20H,5H2. The third-order valence-corrected chi connectivity index (χ3v) is 2.68. The van der Waals surface area contributed by atoms with Gasteiger partial charge in [-0.15, -0.1) is 10.2 Å². The Hall–Kier alpha value is -3.03. The molecule has 20 heavy (non-hydrogen) atoms. The number of nitrogens with zero attached hydrogens (tertiary/aromatic N) is 5. The number of rotatable bonds is 3. The van der Waals surface area contributed by atoms with E-state index in [9.17, 15) is 9.90 Å². The average molecular weight is 270 g/mol. The van der Waals surface area contributed by atoms with E-state index in [0.717, 1.165) is 5.52 Å². The Morgan fingerprint density at radius 2 is 2.25 bits per heavy atom. The lowest BCUT2D eigenvalue weighted by Crippen LogP contribution is -2.07. The van der Waals surface area contributed by atoms with Crippen LogP contribution in [0.4, 0.5) is 5.69 Å². The number of azo groups is 1. The summed E-state index contributed by atoms with van der Waals surface area (Å²) < 4.78 is 1.34. The fourth-order valence-electron chi connectivity index (χ4n) is 1.80.